The van der Waals surface area contributed by atoms with Crippen LogP contribution in [0, 0.1) is 0 Å². The quantitative estimate of drug-likeness (QED) is 0.104. The van der Waals surface area contributed by atoms with Crippen LogP contribution in [0.25, 0.3) is 0 Å². The topological polar surface area (TPSA) is 424 Å². The van der Waals surface area contributed by atoms with E-state index in [0.717, 1.165) is 0 Å². The summed E-state index contributed by atoms with van der Waals surface area (Å²) in [5.74, 6) is -17.3. The molecule has 18 atom stereocenters. The van der Waals surface area contributed by atoms with Crippen LogP contribution in [0.3, 0.4) is 0 Å². The molecule has 0 spiro atoms. The second-order valence-electron chi connectivity index (χ2n) is 11.8. The van der Waals surface area contributed by atoms with Crippen molar-refractivity contribution < 1.29 is 120 Å². The number of hydrogen-bond donors (Lipinski definition) is 17. The number of cyclic esters (lactones) is 2. The summed E-state index contributed by atoms with van der Waals surface area (Å²) in [7, 11) is 0. The Hall–Kier alpha value is -1.86. The molecule has 48 heavy (non-hydrogen) atoms. The molecule has 0 aromatic rings. The van der Waals surface area contributed by atoms with Gasteiger partial charge in [0.2, 0.25) is 11.6 Å². The molecule has 17 N–H and O–H groups in total. The van der Waals surface area contributed by atoms with Gasteiger partial charge in [-0.2, -0.15) is 0 Å². The first-order valence-corrected chi connectivity index (χ1v) is 14.1. The van der Waals surface area contributed by atoms with Gasteiger partial charge < -0.3 is 110 Å². The first-order valence-electron chi connectivity index (χ1n) is 14.1. The van der Waals surface area contributed by atoms with E-state index in [9.17, 15) is 96.4 Å². The number of carbonyl (C=O) groups excluding carboxylic acids is 2. The third kappa shape index (κ3) is 5.00. The highest BCUT2D eigenvalue weighted by Gasteiger charge is 2.84. The average molecular weight is 711 g/mol. The SMILES string of the molecule is O=C1OC(C(O)C2(O)O[C@H](CO)[C@@H](O)[C@H](O)[C@H]2O)(C2(O)O[C@H](CO)[C@@H](O)[C@H](O)[C@H]2O)C(=O)OC1(CO)C1(O)O[C@H](CO)[C@@H](O)[C@H](O)[C@H]1O. The number of esters is 2. The van der Waals surface area contributed by atoms with Gasteiger partial charge in [-0.15, -0.1) is 0 Å². The molecule has 24 heteroatoms. The summed E-state index contributed by atoms with van der Waals surface area (Å²) in [4.78, 5) is 28.0. The van der Waals surface area contributed by atoms with Gasteiger partial charge in [0, 0.05) is 0 Å². The minimum atomic E-state index is -4.43. The van der Waals surface area contributed by atoms with Gasteiger partial charge in [0.15, 0.2) is 6.10 Å². The van der Waals surface area contributed by atoms with Crippen molar-refractivity contribution in [3.63, 3.8) is 0 Å². The standard InChI is InChI=1S/C24H38O24/c25-1-5-8(29)11(32)14(35)22(41,44-5)17(38)21(24(43)16(37)13(34)10(31)7(3-27)46-24)19(40)47-20(4-28,18(39)48-21)23(42)15(36)12(33)9(30)6(2-26)45-23/h5-17,25-38,41-43H,1-4H2/t5-,6-,7-,8-,9-,10-,11+,12+,13+,14-,15-,16-,17?,20?,21?,22?,23?,24?/m1/s1. The van der Waals surface area contributed by atoms with Gasteiger partial charge >= 0.3 is 11.9 Å². The summed E-state index contributed by atoms with van der Waals surface area (Å²) in [6.45, 7) is -5.98. The molecular formula is C24H38O24. The fourth-order valence-corrected chi connectivity index (χ4v) is 6.20. The van der Waals surface area contributed by atoms with Crippen LogP contribution < -0.4 is 0 Å². The highest BCUT2D eigenvalue weighted by molar-refractivity contribution is 5.95. The summed E-state index contributed by atoms with van der Waals surface area (Å²) in [5, 5.41) is 179. The number of carbonyl (C=O) groups is 2. The molecule has 0 amide bonds. The predicted octanol–water partition coefficient (Wildman–Crippen LogP) is -12.6. The van der Waals surface area contributed by atoms with Crippen LogP contribution in [0.2, 0.25) is 0 Å². The molecule has 24 nitrogen and oxygen atoms in total. The third-order valence-corrected chi connectivity index (χ3v) is 9.19. The van der Waals surface area contributed by atoms with E-state index in [1.165, 1.54) is 0 Å². The van der Waals surface area contributed by atoms with Gasteiger partial charge in [-0.1, -0.05) is 0 Å². The lowest BCUT2D eigenvalue weighted by molar-refractivity contribution is -0.454. The van der Waals surface area contributed by atoms with Crippen molar-refractivity contribution in [2.75, 3.05) is 26.4 Å². The molecule has 4 saturated heterocycles. The Balaban J connectivity index is 1.96. The number of aliphatic hydroxyl groups is 17. The number of rotatable bonds is 8. The zero-order valence-corrected chi connectivity index (χ0v) is 24.3. The Morgan fingerprint density at radius 1 is 0.542 bits per heavy atom. The number of ether oxygens (including phenoxy) is 5. The molecule has 0 aromatic carbocycles. The van der Waals surface area contributed by atoms with Gasteiger partial charge in [0.1, 0.15) is 73.2 Å². The van der Waals surface area contributed by atoms with Crippen molar-refractivity contribution >= 4 is 11.9 Å². The molecule has 278 valence electrons. The summed E-state index contributed by atoms with van der Waals surface area (Å²) in [5.41, 5.74) is -8.30. The largest absolute Gasteiger partial charge is 0.435 e. The number of aliphatic hydroxyl groups excluding tert-OH is 14. The Labute approximate surface area is 267 Å². The monoisotopic (exact) mass is 710 g/mol. The van der Waals surface area contributed by atoms with E-state index in [0.29, 0.717) is 0 Å². The van der Waals surface area contributed by atoms with Crippen molar-refractivity contribution in [3.05, 3.63) is 0 Å². The van der Waals surface area contributed by atoms with Crippen LogP contribution in [0.1, 0.15) is 0 Å². The molecule has 6 unspecified atom stereocenters. The first kappa shape index (κ1) is 38.9. The van der Waals surface area contributed by atoms with E-state index in [1.54, 1.807) is 0 Å². The summed E-state index contributed by atoms with van der Waals surface area (Å²) in [6.07, 6.45) is -34.0. The van der Waals surface area contributed by atoms with Gasteiger partial charge in [0.25, 0.3) is 17.0 Å². The molecule has 4 rings (SSSR count). The van der Waals surface area contributed by atoms with Crippen LogP contribution in [0.5, 0.6) is 0 Å². The molecule has 0 radical (unpaired) electrons. The molecule has 4 aliphatic rings. The highest BCUT2D eigenvalue weighted by atomic mass is 16.8. The molecule has 4 heterocycles. The van der Waals surface area contributed by atoms with Gasteiger partial charge in [-0.3, -0.25) is 0 Å². The van der Waals surface area contributed by atoms with E-state index >= 15 is 0 Å². The molecule has 0 bridgehead atoms. The van der Waals surface area contributed by atoms with Crippen LogP contribution in [0.15, 0.2) is 0 Å². The maximum Gasteiger partial charge on any atom is 0.361 e. The Morgan fingerprint density at radius 3 is 1.38 bits per heavy atom. The van der Waals surface area contributed by atoms with E-state index in [1.807, 2.05) is 0 Å². The molecular weight excluding hydrogens is 672 g/mol. The van der Waals surface area contributed by atoms with Crippen LogP contribution in [-0.4, -0.2) is 233 Å². The second kappa shape index (κ2) is 13.0. The summed E-state index contributed by atoms with van der Waals surface area (Å²) >= 11 is 0. The highest BCUT2D eigenvalue weighted by Crippen LogP contribution is 2.51. The van der Waals surface area contributed by atoms with Gasteiger partial charge in [0.05, 0.1) is 26.4 Å². The zero-order valence-electron chi connectivity index (χ0n) is 24.3. The van der Waals surface area contributed by atoms with E-state index in [-0.39, 0.29) is 0 Å². The van der Waals surface area contributed by atoms with Crippen molar-refractivity contribution in [1.29, 1.82) is 0 Å². The van der Waals surface area contributed by atoms with Crippen LogP contribution in [-0.2, 0) is 33.3 Å². The Morgan fingerprint density at radius 2 is 0.938 bits per heavy atom. The fraction of sp³-hybridized carbons (Fsp3) is 0.917. The Bertz CT molecular complexity index is 1200. The lowest BCUT2D eigenvalue weighted by atomic mass is 9.71. The van der Waals surface area contributed by atoms with Crippen LogP contribution >= 0.6 is 0 Å². The molecule has 0 aromatic heterocycles. The fourth-order valence-electron chi connectivity index (χ4n) is 6.20. The van der Waals surface area contributed by atoms with Crippen LogP contribution in [0.4, 0.5) is 0 Å². The lowest BCUT2D eigenvalue weighted by Crippen LogP contribution is -2.88. The van der Waals surface area contributed by atoms with Crippen molar-refractivity contribution in [2.45, 2.75) is 108 Å². The van der Waals surface area contributed by atoms with Gasteiger partial charge in [-0.05, 0) is 0 Å². The number of hydrogen-bond acceptors (Lipinski definition) is 24. The molecule has 0 aliphatic carbocycles. The smallest absolute Gasteiger partial charge is 0.361 e. The first-order chi connectivity index (χ1) is 22.2. The minimum absolute atomic E-state index is 1.27. The maximum absolute atomic E-state index is 14.1. The predicted molar refractivity (Wildman–Crippen MR) is 136 cm³/mol. The molecule has 4 aliphatic heterocycles. The zero-order chi connectivity index (χ0) is 36.5. The third-order valence-electron chi connectivity index (χ3n) is 9.19. The summed E-state index contributed by atoms with van der Waals surface area (Å²) < 4.78 is 24.8. The maximum atomic E-state index is 14.1. The molecule has 4 fully saturated rings. The van der Waals surface area contributed by atoms with E-state index in [2.05, 4.69) is 0 Å². The van der Waals surface area contributed by atoms with E-state index < -0.39 is 146 Å². The van der Waals surface area contributed by atoms with Gasteiger partial charge in [-0.25, -0.2) is 9.59 Å². The van der Waals surface area contributed by atoms with Crippen molar-refractivity contribution in [2.24, 2.45) is 0 Å². The van der Waals surface area contributed by atoms with Crippen molar-refractivity contribution in [1.82, 2.24) is 0 Å². The average Bonchev–Trinajstić information content (AvgIpc) is 3.07. The van der Waals surface area contributed by atoms with E-state index in [4.69, 9.17) is 23.7 Å². The second-order valence-corrected chi connectivity index (χ2v) is 11.8. The lowest BCUT2D eigenvalue weighted by Gasteiger charge is -2.60. The summed E-state index contributed by atoms with van der Waals surface area (Å²) in [6, 6.07) is 0. The Kier molecular flexibility index (Phi) is 10.6. The normalized spacial score (nSPS) is 53.9. The van der Waals surface area contributed by atoms with Crippen molar-refractivity contribution in [3.8, 4) is 0 Å². The molecule has 0 saturated carbocycles. The minimum Gasteiger partial charge on any atom is -0.435 e.